The van der Waals surface area contributed by atoms with Gasteiger partial charge in [0.1, 0.15) is 67.1 Å². The summed E-state index contributed by atoms with van der Waals surface area (Å²) in [6, 6.07) is -2.52. The van der Waals surface area contributed by atoms with Gasteiger partial charge < -0.3 is 100 Å². The Kier molecular flexibility index (Phi) is 42.5. The maximum absolute atomic E-state index is 13.5. The standard InChI is InChI=1S/C65H122N2O21/c1-4-6-8-10-12-14-16-18-20-21-22-23-25-27-29-31-33-35-37-39-52(75)67-46(47(72)38-36-34-32-30-28-26-24-19-17-15-13-11-9-7-5-2)44-83-62-57(79)56(78)59(51(43-70)85-62)86-63-58(80)61(55(77)50(42-69)84-63)88-65(64(81)82)40-48(73)53(66-45(3)71)60(87-65)54(76)49(74)41-68/h46-51,53-63,68-70,72-74,76-80H,4-44H2,1-3H3,(H,66,71)(H,67,75)(H,81,82). The van der Waals surface area contributed by atoms with Crippen molar-refractivity contribution in [3.8, 4) is 0 Å². The molecule has 3 fully saturated rings. The number of aliphatic hydroxyl groups excluding tert-OH is 11. The fraction of sp³-hybridized carbons (Fsp3) is 0.954. The van der Waals surface area contributed by atoms with Crippen LogP contribution in [0.2, 0.25) is 0 Å². The summed E-state index contributed by atoms with van der Waals surface area (Å²) in [7, 11) is 0. The number of carbonyl (C=O) groups excluding carboxylic acids is 2. The topological polar surface area (TPSA) is 373 Å². The lowest BCUT2D eigenvalue weighted by Gasteiger charge is -2.50. The van der Waals surface area contributed by atoms with Gasteiger partial charge >= 0.3 is 5.97 Å². The van der Waals surface area contributed by atoms with Crippen molar-refractivity contribution in [2.45, 2.75) is 368 Å². The van der Waals surface area contributed by atoms with E-state index in [9.17, 15) is 75.7 Å². The van der Waals surface area contributed by atoms with Gasteiger partial charge in [-0.1, -0.05) is 226 Å². The molecule has 18 unspecified atom stereocenters. The van der Waals surface area contributed by atoms with Gasteiger partial charge in [-0.05, 0) is 12.8 Å². The lowest BCUT2D eigenvalue weighted by Crippen LogP contribution is -2.70. The molecule has 23 heteroatoms. The highest BCUT2D eigenvalue weighted by Crippen LogP contribution is 2.39. The Labute approximate surface area is 525 Å². The Hall–Kier alpha value is -2.27. The number of carboxylic acid groups (broad SMARTS) is 1. The van der Waals surface area contributed by atoms with Crippen LogP contribution in [0.5, 0.6) is 0 Å². The summed E-state index contributed by atoms with van der Waals surface area (Å²) < 4.78 is 34.8. The lowest BCUT2D eigenvalue weighted by molar-refractivity contribution is -0.386. The van der Waals surface area contributed by atoms with Crippen LogP contribution < -0.4 is 10.6 Å². The van der Waals surface area contributed by atoms with E-state index in [2.05, 4.69) is 24.5 Å². The van der Waals surface area contributed by atoms with Crippen molar-refractivity contribution < 1.29 is 104 Å². The molecule has 0 aliphatic carbocycles. The highest BCUT2D eigenvalue weighted by atomic mass is 16.8. The Bertz CT molecular complexity index is 1790. The molecule has 0 aromatic carbocycles. The molecule has 2 amide bonds. The molecular weight excluding hydrogens is 1140 g/mol. The molecule has 88 heavy (non-hydrogen) atoms. The van der Waals surface area contributed by atoms with Crippen molar-refractivity contribution in [2.75, 3.05) is 26.4 Å². The molecule has 0 bridgehead atoms. The molecule has 0 aromatic rings. The van der Waals surface area contributed by atoms with Crippen LogP contribution in [0.25, 0.3) is 0 Å². The predicted molar refractivity (Wildman–Crippen MR) is 329 cm³/mol. The molecule has 23 nitrogen and oxygen atoms in total. The highest BCUT2D eigenvalue weighted by molar-refractivity contribution is 5.77. The molecule has 0 radical (unpaired) electrons. The van der Waals surface area contributed by atoms with E-state index < -0.39 is 148 Å². The van der Waals surface area contributed by atoms with Crippen LogP contribution >= 0.6 is 0 Å². The van der Waals surface area contributed by atoms with Crippen molar-refractivity contribution in [3.05, 3.63) is 0 Å². The maximum Gasteiger partial charge on any atom is 0.364 e. The lowest BCUT2D eigenvalue weighted by atomic mass is 9.88. The molecule has 3 aliphatic rings. The van der Waals surface area contributed by atoms with E-state index in [-0.39, 0.29) is 18.9 Å². The molecular formula is C65H122N2O21. The van der Waals surface area contributed by atoms with Gasteiger partial charge in [0, 0.05) is 19.8 Å². The molecule has 3 heterocycles. The number of aliphatic hydroxyl groups is 11. The summed E-state index contributed by atoms with van der Waals surface area (Å²) in [6.07, 6.45) is 12.5. The number of nitrogens with one attached hydrogen (secondary N) is 2. The SMILES string of the molecule is CCCCCCCCCCCCCCCCCCCCCC(=O)NC(COC1OC(CO)C(OC2OC(CO)C(O)C(OC3(C(=O)O)CC(O)C(NC(C)=O)C(C(O)C(O)CO)O3)C2O)C(O)C1O)C(O)CCCCCCCCCCCCCCCCC. The summed E-state index contributed by atoms with van der Waals surface area (Å²) in [6.45, 7) is 2.22. The fourth-order valence-corrected chi connectivity index (χ4v) is 12.3. The Morgan fingerprint density at radius 2 is 0.989 bits per heavy atom. The first-order valence-electron chi connectivity index (χ1n) is 34.4. The second kappa shape index (κ2) is 46.7. The van der Waals surface area contributed by atoms with Gasteiger partial charge in [-0.3, -0.25) is 9.59 Å². The molecule has 3 rings (SSSR count). The van der Waals surface area contributed by atoms with Crippen LogP contribution in [0, 0.1) is 0 Å². The Morgan fingerprint density at radius 1 is 0.545 bits per heavy atom. The number of rotatable bonds is 52. The van der Waals surface area contributed by atoms with Crippen molar-refractivity contribution in [1.29, 1.82) is 0 Å². The van der Waals surface area contributed by atoms with E-state index in [0.29, 0.717) is 19.3 Å². The minimum absolute atomic E-state index is 0.229. The molecule has 0 spiro atoms. The average molecular weight is 1270 g/mol. The second-order valence-corrected chi connectivity index (χ2v) is 25.4. The summed E-state index contributed by atoms with van der Waals surface area (Å²) in [4.78, 5) is 38.5. The normalized spacial score (nSPS) is 28.9. The molecule has 3 saturated heterocycles. The number of amides is 2. The monoisotopic (exact) mass is 1270 g/mol. The predicted octanol–water partition coefficient (Wildman–Crippen LogP) is 5.73. The molecule has 518 valence electrons. The van der Waals surface area contributed by atoms with Gasteiger partial charge in [0.05, 0.1) is 50.7 Å². The third-order valence-electron chi connectivity index (χ3n) is 17.8. The van der Waals surface area contributed by atoms with Gasteiger partial charge in [0.2, 0.25) is 11.8 Å². The zero-order valence-corrected chi connectivity index (χ0v) is 53.8. The quantitative estimate of drug-likeness (QED) is 0.0323. The first-order valence-corrected chi connectivity index (χ1v) is 34.4. The van der Waals surface area contributed by atoms with Gasteiger partial charge in [-0.25, -0.2) is 4.79 Å². The second-order valence-electron chi connectivity index (χ2n) is 25.4. The third kappa shape index (κ3) is 29.4. The van der Waals surface area contributed by atoms with Crippen molar-refractivity contribution in [1.82, 2.24) is 10.6 Å². The highest BCUT2D eigenvalue weighted by Gasteiger charge is 2.60. The van der Waals surface area contributed by atoms with Gasteiger partial charge in [0.15, 0.2) is 12.6 Å². The molecule has 0 saturated carbocycles. The third-order valence-corrected chi connectivity index (χ3v) is 17.8. The number of hydrogen-bond acceptors (Lipinski definition) is 20. The van der Waals surface area contributed by atoms with Crippen LogP contribution in [0.3, 0.4) is 0 Å². The molecule has 14 N–H and O–H groups in total. The van der Waals surface area contributed by atoms with E-state index in [1.165, 1.54) is 161 Å². The summed E-state index contributed by atoms with van der Waals surface area (Å²) >= 11 is 0. The first-order chi connectivity index (χ1) is 42.4. The molecule has 0 aromatic heterocycles. The van der Waals surface area contributed by atoms with Crippen molar-refractivity contribution in [2.24, 2.45) is 0 Å². The minimum atomic E-state index is -3.08. The smallest absolute Gasteiger partial charge is 0.364 e. The van der Waals surface area contributed by atoms with Crippen molar-refractivity contribution >= 4 is 17.8 Å². The average Bonchev–Trinajstić information content (AvgIpc) is 0.810. The van der Waals surface area contributed by atoms with Crippen molar-refractivity contribution in [3.63, 3.8) is 0 Å². The number of hydrogen-bond donors (Lipinski definition) is 14. The van der Waals surface area contributed by atoms with Gasteiger partial charge in [-0.2, -0.15) is 0 Å². The van der Waals surface area contributed by atoms with Crippen LogP contribution in [0.1, 0.15) is 258 Å². The largest absolute Gasteiger partial charge is 0.477 e. The number of unbranched alkanes of at least 4 members (excludes halogenated alkanes) is 32. The Morgan fingerprint density at radius 3 is 1.42 bits per heavy atom. The zero-order chi connectivity index (χ0) is 64.7. The minimum Gasteiger partial charge on any atom is -0.477 e. The van der Waals surface area contributed by atoms with Crippen LogP contribution in [0.4, 0.5) is 0 Å². The fourth-order valence-electron chi connectivity index (χ4n) is 12.3. The van der Waals surface area contributed by atoms with E-state index >= 15 is 0 Å². The molecule has 3 aliphatic heterocycles. The molecule has 18 atom stereocenters. The summed E-state index contributed by atoms with van der Waals surface area (Å²) in [5, 5.41) is 136. The van der Waals surface area contributed by atoms with E-state index in [4.69, 9.17) is 28.4 Å². The van der Waals surface area contributed by atoms with Crippen LogP contribution in [-0.2, 0) is 42.8 Å². The van der Waals surface area contributed by atoms with E-state index in [1.54, 1.807) is 0 Å². The number of ether oxygens (including phenoxy) is 6. The number of carbonyl (C=O) groups is 3. The van der Waals surface area contributed by atoms with Crippen LogP contribution in [-0.4, -0.2) is 215 Å². The summed E-state index contributed by atoms with van der Waals surface area (Å²) in [5.41, 5.74) is 0. The summed E-state index contributed by atoms with van der Waals surface area (Å²) in [5.74, 6) is -6.09. The van der Waals surface area contributed by atoms with Gasteiger partial charge in [0.25, 0.3) is 5.79 Å². The van der Waals surface area contributed by atoms with E-state index in [0.717, 1.165) is 51.9 Å². The van der Waals surface area contributed by atoms with E-state index in [1.807, 2.05) is 0 Å². The number of aliphatic carboxylic acids is 1. The maximum atomic E-state index is 13.5. The van der Waals surface area contributed by atoms with Gasteiger partial charge in [-0.15, -0.1) is 0 Å². The Balaban J connectivity index is 1.60. The van der Waals surface area contributed by atoms with Crippen LogP contribution in [0.15, 0.2) is 0 Å². The number of carboxylic acids is 1. The first kappa shape index (κ1) is 80.0. The zero-order valence-electron chi connectivity index (χ0n) is 53.8.